The predicted octanol–water partition coefficient (Wildman–Crippen LogP) is 2.67. The molecule has 1 aromatic carbocycles. The number of hydrogen-bond acceptors (Lipinski definition) is 3. The Labute approximate surface area is 123 Å². The van der Waals surface area contributed by atoms with Crippen LogP contribution in [0.5, 0.6) is 0 Å². The number of hydrogen-bond donors (Lipinski definition) is 1. The molecule has 0 aliphatic rings. The van der Waals surface area contributed by atoms with E-state index in [-0.39, 0.29) is 5.75 Å². The first-order valence-corrected chi connectivity index (χ1v) is 8.82. The largest absolute Gasteiger partial charge is 0.319 e. The van der Waals surface area contributed by atoms with Crippen LogP contribution >= 0.6 is 0 Å². The van der Waals surface area contributed by atoms with Crippen LogP contribution in [-0.2, 0) is 16.3 Å². The molecule has 4 heteroatoms. The molecule has 0 saturated heterocycles. The summed E-state index contributed by atoms with van der Waals surface area (Å²) in [5.41, 5.74) is 1.26. The van der Waals surface area contributed by atoms with E-state index in [4.69, 9.17) is 0 Å². The van der Waals surface area contributed by atoms with Crippen molar-refractivity contribution in [3.63, 3.8) is 0 Å². The zero-order valence-corrected chi connectivity index (χ0v) is 13.8. The van der Waals surface area contributed by atoms with Crippen molar-refractivity contribution < 1.29 is 8.42 Å². The summed E-state index contributed by atoms with van der Waals surface area (Å²) in [6, 6.07) is 10.2. The molecule has 0 bridgehead atoms. The molecule has 0 heterocycles. The highest BCUT2D eigenvalue weighted by Gasteiger charge is 2.29. The molecule has 0 spiro atoms. The Morgan fingerprint density at radius 2 is 1.75 bits per heavy atom. The van der Waals surface area contributed by atoms with Crippen molar-refractivity contribution >= 4 is 9.84 Å². The van der Waals surface area contributed by atoms with Gasteiger partial charge in [0.25, 0.3) is 0 Å². The van der Waals surface area contributed by atoms with E-state index in [0.717, 1.165) is 13.0 Å². The van der Waals surface area contributed by atoms with Crippen molar-refractivity contribution in [3.8, 4) is 0 Å². The van der Waals surface area contributed by atoms with Crippen molar-refractivity contribution in [3.05, 3.63) is 35.9 Å². The molecule has 0 radical (unpaired) electrons. The summed E-state index contributed by atoms with van der Waals surface area (Å²) >= 11 is 0. The van der Waals surface area contributed by atoms with E-state index in [0.29, 0.717) is 12.3 Å². The molecule has 1 aromatic rings. The molecule has 20 heavy (non-hydrogen) atoms. The lowest BCUT2D eigenvalue weighted by Gasteiger charge is -2.22. The van der Waals surface area contributed by atoms with Crippen molar-refractivity contribution in [1.82, 2.24) is 5.32 Å². The third-order valence-corrected chi connectivity index (χ3v) is 6.23. The van der Waals surface area contributed by atoms with Crippen LogP contribution in [0, 0.1) is 5.92 Å². The zero-order valence-electron chi connectivity index (χ0n) is 13.0. The van der Waals surface area contributed by atoms with Gasteiger partial charge in [-0.2, -0.15) is 0 Å². The Kier molecular flexibility index (Phi) is 6.21. The van der Waals surface area contributed by atoms with E-state index in [1.165, 1.54) is 5.56 Å². The molecule has 0 aliphatic heterocycles. The molecule has 0 saturated carbocycles. The predicted molar refractivity (Wildman–Crippen MR) is 85.7 cm³/mol. The molecular formula is C16H27NO2S. The lowest BCUT2D eigenvalue weighted by Crippen LogP contribution is -2.32. The molecule has 0 amide bonds. The SMILES string of the molecule is CNCC(CCS(=O)(=O)C(C)(C)C)Cc1ccccc1. The standard InChI is InChI=1S/C16H27NO2S/c1-16(2,3)20(18,19)11-10-15(13-17-4)12-14-8-6-5-7-9-14/h5-9,15,17H,10-13H2,1-4H3. The topological polar surface area (TPSA) is 46.2 Å². The molecule has 1 unspecified atom stereocenters. The van der Waals surface area contributed by atoms with E-state index < -0.39 is 14.6 Å². The lowest BCUT2D eigenvalue weighted by molar-refractivity contribution is 0.474. The van der Waals surface area contributed by atoms with Crippen LogP contribution in [0.2, 0.25) is 0 Å². The fraction of sp³-hybridized carbons (Fsp3) is 0.625. The Bertz CT molecular complexity index is 489. The Hall–Kier alpha value is -0.870. The Balaban J connectivity index is 2.65. The maximum Gasteiger partial charge on any atom is 0.155 e. The van der Waals surface area contributed by atoms with Gasteiger partial charge in [0.05, 0.1) is 10.5 Å². The van der Waals surface area contributed by atoms with Crippen molar-refractivity contribution in [1.29, 1.82) is 0 Å². The average molecular weight is 297 g/mol. The third kappa shape index (κ3) is 5.25. The second kappa shape index (κ2) is 7.23. The highest BCUT2D eigenvalue weighted by Crippen LogP contribution is 2.20. The monoisotopic (exact) mass is 297 g/mol. The molecule has 1 atom stereocenters. The minimum atomic E-state index is -3.03. The zero-order chi connectivity index (χ0) is 15.2. The Morgan fingerprint density at radius 3 is 2.25 bits per heavy atom. The van der Waals surface area contributed by atoms with Crippen molar-refractivity contribution in [2.45, 2.75) is 38.4 Å². The van der Waals surface area contributed by atoms with Gasteiger partial charge in [-0.05, 0) is 58.7 Å². The van der Waals surface area contributed by atoms with Gasteiger partial charge in [0, 0.05) is 0 Å². The van der Waals surface area contributed by atoms with Gasteiger partial charge in [0.1, 0.15) is 0 Å². The minimum Gasteiger partial charge on any atom is -0.319 e. The van der Waals surface area contributed by atoms with E-state index in [2.05, 4.69) is 17.4 Å². The summed E-state index contributed by atoms with van der Waals surface area (Å²) < 4.78 is 23.7. The van der Waals surface area contributed by atoms with Crippen LogP contribution in [-0.4, -0.2) is 32.5 Å². The van der Waals surface area contributed by atoms with Crippen LogP contribution in [0.15, 0.2) is 30.3 Å². The number of rotatable bonds is 7. The molecular weight excluding hydrogens is 270 g/mol. The van der Waals surface area contributed by atoms with Crippen LogP contribution in [0.3, 0.4) is 0 Å². The van der Waals surface area contributed by atoms with Gasteiger partial charge in [-0.25, -0.2) is 8.42 Å². The average Bonchev–Trinajstić information content (AvgIpc) is 2.36. The van der Waals surface area contributed by atoms with Gasteiger partial charge >= 0.3 is 0 Å². The molecule has 1 N–H and O–H groups in total. The number of nitrogens with one attached hydrogen (secondary N) is 1. The molecule has 1 rings (SSSR count). The van der Waals surface area contributed by atoms with Gasteiger partial charge in [0.2, 0.25) is 0 Å². The summed E-state index contributed by atoms with van der Waals surface area (Å²) in [7, 11) is -1.12. The molecule has 0 fully saturated rings. The normalized spacial score (nSPS) is 14.2. The fourth-order valence-electron chi connectivity index (χ4n) is 2.14. The maximum atomic E-state index is 12.2. The van der Waals surface area contributed by atoms with E-state index in [1.807, 2.05) is 25.2 Å². The number of benzene rings is 1. The second-order valence-electron chi connectivity index (χ2n) is 6.33. The summed E-state index contributed by atoms with van der Waals surface area (Å²) in [6.07, 6.45) is 1.62. The van der Waals surface area contributed by atoms with Gasteiger partial charge in [-0.3, -0.25) is 0 Å². The molecule has 3 nitrogen and oxygen atoms in total. The fourth-order valence-corrected chi connectivity index (χ4v) is 3.40. The van der Waals surface area contributed by atoms with Gasteiger partial charge in [-0.15, -0.1) is 0 Å². The van der Waals surface area contributed by atoms with Gasteiger partial charge < -0.3 is 5.32 Å². The Morgan fingerprint density at radius 1 is 1.15 bits per heavy atom. The van der Waals surface area contributed by atoms with Gasteiger partial charge in [0.15, 0.2) is 9.84 Å². The highest BCUT2D eigenvalue weighted by molar-refractivity contribution is 7.92. The highest BCUT2D eigenvalue weighted by atomic mass is 32.2. The number of sulfone groups is 1. The molecule has 0 aliphatic carbocycles. The van der Waals surface area contributed by atoms with E-state index in [1.54, 1.807) is 20.8 Å². The maximum absolute atomic E-state index is 12.2. The molecule has 114 valence electrons. The van der Waals surface area contributed by atoms with Gasteiger partial charge in [-0.1, -0.05) is 30.3 Å². The van der Waals surface area contributed by atoms with Crippen LogP contribution < -0.4 is 5.32 Å². The summed E-state index contributed by atoms with van der Waals surface area (Å²) in [5, 5.41) is 3.17. The van der Waals surface area contributed by atoms with Crippen LogP contribution in [0.1, 0.15) is 32.8 Å². The van der Waals surface area contributed by atoms with E-state index in [9.17, 15) is 8.42 Å². The second-order valence-corrected chi connectivity index (χ2v) is 9.20. The summed E-state index contributed by atoms with van der Waals surface area (Å²) in [5.74, 6) is 0.606. The quantitative estimate of drug-likeness (QED) is 0.841. The van der Waals surface area contributed by atoms with E-state index >= 15 is 0 Å². The minimum absolute atomic E-state index is 0.260. The smallest absolute Gasteiger partial charge is 0.155 e. The first kappa shape index (κ1) is 17.2. The third-order valence-electron chi connectivity index (χ3n) is 3.59. The first-order valence-electron chi connectivity index (χ1n) is 7.17. The van der Waals surface area contributed by atoms with Crippen molar-refractivity contribution in [2.75, 3.05) is 19.3 Å². The van der Waals surface area contributed by atoms with Crippen molar-refractivity contribution in [2.24, 2.45) is 5.92 Å². The van der Waals surface area contributed by atoms with Crippen LogP contribution in [0.25, 0.3) is 0 Å². The summed E-state index contributed by atoms with van der Waals surface area (Å²) in [6.45, 7) is 6.15. The lowest BCUT2D eigenvalue weighted by atomic mass is 9.97. The molecule has 0 aromatic heterocycles. The van der Waals surface area contributed by atoms with Crippen LogP contribution in [0.4, 0.5) is 0 Å². The summed E-state index contributed by atoms with van der Waals surface area (Å²) in [4.78, 5) is 0. The first-order chi connectivity index (χ1) is 9.26.